The summed E-state index contributed by atoms with van der Waals surface area (Å²) in [4.78, 5) is 11.9. The van der Waals surface area contributed by atoms with E-state index >= 15 is 0 Å². The fraction of sp³-hybridized carbons (Fsp3) is 0.188. The van der Waals surface area contributed by atoms with Crippen LogP contribution in [0.4, 0.5) is 0 Å². The molecular formula is C16H12O2. The number of para-hydroxylation sites is 1. The summed E-state index contributed by atoms with van der Waals surface area (Å²) in [6, 6.07) is 12.1. The monoisotopic (exact) mass is 236 g/mol. The van der Waals surface area contributed by atoms with Gasteiger partial charge < -0.3 is 4.42 Å². The summed E-state index contributed by atoms with van der Waals surface area (Å²) in [7, 11) is 0. The number of fused-ring (bicyclic) bond motifs is 4. The Labute approximate surface area is 104 Å². The first kappa shape index (κ1) is 9.89. The molecule has 2 heteroatoms. The molecule has 0 unspecified atom stereocenters. The van der Waals surface area contributed by atoms with Crippen molar-refractivity contribution in [3.8, 4) is 0 Å². The molecule has 0 aliphatic heterocycles. The van der Waals surface area contributed by atoms with Crippen LogP contribution >= 0.6 is 0 Å². The molecule has 1 aliphatic rings. The molecule has 0 radical (unpaired) electrons. The van der Waals surface area contributed by atoms with E-state index in [-0.39, 0.29) is 5.78 Å². The molecule has 3 aromatic rings. The van der Waals surface area contributed by atoms with Crippen LogP contribution in [0.5, 0.6) is 0 Å². The molecule has 1 aromatic heterocycles. The van der Waals surface area contributed by atoms with Gasteiger partial charge in [0.1, 0.15) is 11.2 Å². The quantitative estimate of drug-likeness (QED) is 0.588. The van der Waals surface area contributed by atoms with E-state index in [0.717, 1.165) is 40.3 Å². The molecule has 1 heterocycles. The third-order valence-electron chi connectivity index (χ3n) is 3.75. The second-order valence-corrected chi connectivity index (χ2v) is 4.88. The Hall–Kier alpha value is -2.09. The first-order valence-corrected chi connectivity index (χ1v) is 6.30. The molecule has 0 saturated carbocycles. The highest BCUT2D eigenvalue weighted by atomic mass is 16.3. The van der Waals surface area contributed by atoms with E-state index < -0.39 is 0 Å². The number of rotatable bonds is 0. The summed E-state index contributed by atoms with van der Waals surface area (Å²) in [5.74, 6) is 0.249. The van der Waals surface area contributed by atoms with Gasteiger partial charge >= 0.3 is 0 Å². The Kier molecular flexibility index (Phi) is 1.90. The lowest BCUT2D eigenvalue weighted by Gasteiger charge is -2.13. The van der Waals surface area contributed by atoms with Gasteiger partial charge in [0.2, 0.25) is 0 Å². The van der Waals surface area contributed by atoms with Gasteiger partial charge in [-0.15, -0.1) is 0 Å². The first-order chi connectivity index (χ1) is 8.83. The molecule has 0 N–H and O–H groups in total. The highest BCUT2D eigenvalue weighted by molar-refractivity contribution is 6.09. The fourth-order valence-electron chi connectivity index (χ4n) is 2.86. The van der Waals surface area contributed by atoms with Crippen molar-refractivity contribution in [2.75, 3.05) is 0 Å². The van der Waals surface area contributed by atoms with Crippen molar-refractivity contribution in [1.82, 2.24) is 0 Å². The number of ketones is 1. The van der Waals surface area contributed by atoms with Gasteiger partial charge in [0.05, 0.1) is 0 Å². The Morgan fingerprint density at radius 1 is 0.944 bits per heavy atom. The zero-order chi connectivity index (χ0) is 12.1. The zero-order valence-electron chi connectivity index (χ0n) is 9.90. The van der Waals surface area contributed by atoms with Crippen molar-refractivity contribution in [2.24, 2.45) is 0 Å². The number of carbonyl (C=O) groups is 1. The third-order valence-corrected chi connectivity index (χ3v) is 3.75. The number of furan rings is 1. The third kappa shape index (κ3) is 1.26. The van der Waals surface area contributed by atoms with Crippen molar-refractivity contribution in [3.05, 3.63) is 47.5 Å². The zero-order valence-corrected chi connectivity index (χ0v) is 9.90. The number of carbonyl (C=O) groups excluding carboxylic acids is 1. The van der Waals surface area contributed by atoms with Crippen molar-refractivity contribution in [3.63, 3.8) is 0 Å². The summed E-state index contributed by atoms with van der Waals surface area (Å²) in [6.45, 7) is 0. The number of aryl methyl sites for hydroxylation is 1. The molecule has 4 rings (SSSR count). The Morgan fingerprint density at radius 3 is 2.78 bits per heavy atom. The lowest BCUT2D eigenvalue weighted by Crippen LogP contribution is -2.10. The predicted molar refractivity (Wildman–Crippen MR) is 71.0 cm³/mol. The molecule has 18 heavy (non-hydrogen) atoms. The number of hydrogen-bond donors (Lipinski definition) is 0. The molecule has 0 saturated heterocycles. The van der Waals surface area contributed by atoms with Gasteiger partial charge in [0.15, 0.2) is 5.78 Å². The van der Waals surface area contributed by atoms with Crippen molar-refractivity contribution >= 4 is 27.7 Å². The summed E-state index contributed by atoms with van der Waals surface area (Å²) in [5.41, 5.74) is 3.74. The molecule has 0 spiro atoms. The lowest BCUT2D eigenvalue weighted by atomic mass is 9.89. The average Bonchev–Trinajstić information content (AvgIpc) is 2.75. The van der Waals surface area contributed by atoms with E-state index in [1.54, 1.807) is 0 Å². The molecule has 2 nitrogen and oxygen atoms in total. The average molecular weight is 236 g/mol. The molecule has 0 bridgehead atoms. The highest BCUT2D eigenvalue weighted by Crippen LogP contribution is 2.33. The Bertz CT molecular complexity index is 780. The van der Waals surface area contributed by atoms with E-state index in [1.807, 2.05) is 24.3 Å². The van der Waals surface area contributed by atoms with Gasteiger partial charge in [-0.05, 0) is 36.6 Å². The van der Waals surface area contributed by atoms with Crippen LogP contribution in [0.3, 0.4) is 0 Å². The molecule has 1 aliphatic carbocycles. The standard InChI is InChI=1S/C16H12O2/c17-14-6-3-4-10-8-13-11-5-1-2-7-15(11)18-16(13)9-12(10)14/h1-2,5,7-9H,3-4,6H2. The summed E-state index contributed by atoms with van der Waals surface area (Å²) in [5, 5.41) is 2.26. The van der Waals surface area contributed by atoms with Gasteiger partial charge in [-0.2, -0.15) is 0 Å². The van der Waals surface area contributed by atoms with Gasteiger partial charge in [0, 0.05) is 22.8 Å². The van der Waals surface area contributed by atoms with Crippen LogP contribution in [0, 0.1) is 0 Å². The van der Waals surface area contributed by atoms with Crippen LogP contribution in [0.15, 0.2) is 40.8 Å². The summed E-state index contributed by atoms with van der Waals surface area (Å²) in [6.07, 6.45) is 2.63. The van der Waals surface area contributed by atoms with Crippen LogP contribution in [0.25, 0.3) is 21.9 Å². The Morgan fingerprint density at radius 2 is 1.83 bits per heavy atom. The summed E-state index contributed by atoms with van der Waals surface area (Å²) >= 11 is 0. The van der Waals surface area contributed by atoms with E-state index in [0.29, 0.717) is 6.42 Å². The first-order valence-electron chi connectivity index (χ1n) is 6.30. The molecule has 0 atom stereocenters. The maximum absolute atomic E-state index is 11.9. The normalized spacial score (nSPS) is 15.2. The fourth-order valence-corrected chi connectivity index (χ4v) is 2.86. The van der Waals surface area contributed by atoms with Gasteiger partial charge in [-0.25, -0.2) is 0 Å². The van der Waals surface area contributed by atoms with E-state index in [9.17, 15) is 4.79 Å². The van der Waals surface area contributed by atoms with Crippen LogP contribution in [0.1, 0.15) is 28.8 Å². The van der Waals surface area contributed by atoms with Crippen LogP contribution in [-0.2, 0) is 6.42 Å². The Balaban J connectivity index is 2.13. The van der Waals surface area contributed by atoms with Crippen molar-refractivity contribution in [2.45, 2.75) is 19.3 Å². The molecule has 0 fully saturated rings. The maximum Gasteiger partial charge on any atom is 0.163 e. The number of hydrogen-bond acceptors (Lipinski definition) is 2. The maximum atomic E-state index is 11.9. The van der Waals surface area contributed by atoms with Gasteiger partial charge in [0.25, 0.3) is 0 Å². The smallest absolute Gasteiger partial charge is 0.163 e. The second-order valence-electron chi connectivity index (χ2n) is 4.88. The van der Waals surface area contributed by atoms with Crippen molar-refractivity contribution < 1.29 is 9.21 Å². The molecule has 88 valence electrons. The lowest BCUT2D eigenvalue weighted by molar-refractivity contribution is 0.0972. The minimum absolute atomic E-state index is 0.249. The van der Waals surface area contributed by atoms with Gasteiger partial charge in [-0.1, -0.05) is 18.2 Å². The van der Waals surface area contributed by atoms with E-state index in [4.69, 9.17) is 4.42 Å². The highest BCUT2D eigenvalue weighted by Gasteiger charge is 2.19. The minimum Gasteiger partial charge on any atom is -0.456 e. The number of Topliss-reactive ketones (excluding diaryl/α,β-unsaturated/α-hetero) is 1. The van der Waals surface area contributed by atoms with Crippen LogP contribution in [0.2, 0.25) is 0 Å². The van der Waals surface area contributed by atoms with Crippen molar-refractivity contribution in [1.29, 1.82) is 0 Å². The van der Waals surface area contributed by atoms with Gasteiger partial charge in [-0.3, -0.25) is 4.79 Å². The van der Waals surface area contributed by atoms with E-state index in [1.165, 1.54) is 5.56 Å². The SMILES string of the molecule is O=C1CCCc2cc3c(cc21)oc1ccccc13. The van der Waals surface area contributed by atoms with Crippen LogP contribution < -0.4 is 0 Å². The molecule has 0 amide bonds. The number of benzene rings is 2. The largest absolute Gasteiger partial charge is 0.456 e. The second kappa shape index (κ2) is 3.45. The predicted octanol–water partition coefficient (Wildman–Crippen LogP) is 4.11. The topological polar surface area (TPSA) is 30.2 Å². The summed E-state index contributed by atoms with van der Waals surface area (Å²) < 4.78 is 5.81. The molecular weight excluding hydrogens is 224 g/mol. The molecule has 2 aromatic carbocycles. The minimum atomic E-state index is 0.249. The van der Waals surface area contributed by atoms with Crippen LogP contribution in [-0.4, -0.2) is 5.78 Å². The van der Waals surface area contributed by atoms with E-state index in [2.05, 4.69) is 12.1 Å².